The summed E-state index contributed by atoms with van der Waals surface area (Å²) in [6.45, 7) is 3.73. The summed E-state index contributed by atoms with van der Waals surface area (Å²) in [5.41, 5.74) is 5.28. The predicted molar refractivity (Wildman–Crippen MR) is 127 cm³/mol. The van der Waals surface area contributed by atoms with Gasteiger partial charge in [-0.15, -0.1) is 0 Å². The number of aromatic hydroxyl groups is 1. The quantitative estimate of drug-likeness (QED) is 0.306. The molecule has 5 rings (SSSR count). The lowest BCUT2D eigenvalue weighted by Gasteiger charge is -2.08. The number of oxazole rings is 1. The summed E-state index contributed by atoms with van der Waals surface area (Å²) >= 11 is 6.32. The summed E-state index contributed by atoms with van der Waals surface area (Å²) in [6.07, 6.45) is 1.63. The highest BCUT2D eigenvalue weighted by atomic mass is 35.5. The summed E-state index contributed by atoms with van der Waals surface area (Å²) < 4.78 is 5.97. The van der Waals surface area contributed by atoms with Gasteiger partial charge in [0.05, 0.1) is 5.69 Å². The molecule has 4 aromatic carbocycles. The van der Waals surface area contributed by atoms with Crippen LogP contribution >= 0.6 is 11.6 Å². The van der Waals surface area contributed by atoms with Gasteiger partial charge in [-0.3, -0.25) is 4.99 Å². The molecule has 0 fully saturated rings. The topological polar surface area (TPSA) is 58.6 Å². The van der Waals surface area contributed by atoms with Crippen molar-refractivity contribution in [3.8, 4) is 17.2 Å². The summed E-state index contributed by atoms with van der Waals surface area (Å²) in [6, 6.07) is 21.6. The molecule has 0 aliphatic carbocycles. The minimum atomic E-state index is 0.157. The van der Waals surface area contributed by atoms with Gasteiger partial charge in [0.25, 0.3) is 0 Å². The van der Waals surface area contributed by atoms with E-state index in [2.05, 4.69) is 34.2 Å². The normalized spacial score (nSPS) is 11.7. The van der Waals surface area contributed by atoms with Crippen LogP contribution in [-0.2, 0) is 0 Å². The van der Waals surface area contributed by atoms with E-state index in [9.17, 15) is 5.11 Å². The maximum atomic E-state index is 10.3. The fourth-order valence-electron chi connectivity index (χ4n) is 3.70. The third-order valence-electron chi connectivity index (χ3n) is 5.42. The number of nitrogens with zero attached hydrogens (tertiary/aromatic N) is 2. The number of rotatable bonds is 3. The number of fused-ring (bicyclic) bond motifs is 2. The third-order valence-corrected chi connectivity index (χ3v) is 6.00. The Kier molecular flexibility index (Phi) is 4.72. The zero-order valence-corrected chi connectivity index (χ0v) is 17.8. The van der Waals surface area contributed by atoms with Crippen molar-refractivity contribution < 1.29 is 9.52 Å². The zero-order valence-electron chi connectivity index (χ0n) is 17.1. The third kappa shape index (κ3) is 3.56. The van der Waals surface area contributed by atoms with E-state index in [1.807, 2.05) is 50.2 Å². The molecule has 0 saturated carbocycles. The molecule has 0 unspecified atom stereocenters. The lowest BCUT2D eigenvalue weighted by molar-refractivity contribution is 0.473. The van der Waals surface area contributed by atoms with Gasteiger partial charge in [0.2, 0.25) is 5.89 Å². The number of hydrogen-bond acceptors (Lipinski definition) is 4. The van der Waals surface area contributed by atoms with Crippen LogP contribution in [0.5, 0.6) is 5.75 Å². The van der Waals surface area contributed by atoms with Gasteiger partial charge in [-0.05, 0) is 72.1 Å². The molecule has 0 radical (unpaired) electrons. The standard InChI is InChI=1S/C26H19ClN2O2/c1-15-11-23(30)21(16(2)25(15)27)14-28-20-9-10-24-22(13-20)29-26(31-24)19-8-7-17-5-3-4-6-18(17)12-19/h3-14,30H,1-2H3. The van der Waals surface area contributed by atoms with Crippen molar-refractivity contribution in [3.05, 3.63) is 88.4 Å². The maximum Gasteiger partial charge on any atom is 0.227 e. The van der Waals surface area contributed by atoms with E-state index >= 15 is 0 Å². The van der Waals surface area contributed by atoms with E-state index in [0.29, 0.717) is 27.7 Å². The Labute approximate surface area is 184 Å². The highest BCUT2D eigenvalue weighted by Crippen LogP contribution is 2.31. The molecule has 5 heteroatoms. The molecule has 0 amide bonds. The fraction of sp³-hybridized carbons (Fsp3) is 0.0769. The number of phenolic OH excluding ortho intramolecular Hbond substituents is 1. The number of aromatic nitrogens is 1. The molecule has 0 aliphatic heterocycles. The van der Waals surface area contributed by atoms with Crippen LogP contribution in [0.25, 0.3) is 33.3 Å². The Morgan fingerprint density at radius 3 is 2.61 bits per heavy atom. The molecule has 1 N–H and O–H groups in total. The Balaban J connectivity index is 1.50. The smallest absolute Gasteiger partial charge is 0.227 e. The SMILES string of the molecule is Cc1cc(O)c(C=Nc2ccc3oc(-c4ccc5ccccc5c4)nc3c2)c(C)c1Cl. The first-order valence-electron chi connectivity index (χ1n) is 9.92. The van der Waals surface area contributed by atoms with Crippen LogP contribution in [0.3, 0.4) is 0 Å². The minimum absolute atomic E-state index is 0.157. The molecule has 1 aromatic heterocycles. The Morgan fingerprint density at radius 2 is 1.77 bits per heavy atom. The van der Waals surface area contributed by atoms with Crippen LogP contribution in [0.4, 0.5) is 5.69 Å². The lowest BCUT2D eigenvalue weighted by atomic mass is 10.0. The number of benzene rings is 4. The van der Waals surface area contributed by atoms with Crippen molar-refractivity contribution in [2.24, 2.45) is 4.99 Å². The van der Waals surface area contributed by atoms with E-state index < -0.39 is 0 Å². The molecule has 1 heterocycles. The predicted octanol–water partition coefficient (Wildman–Crippen LogP) is 7.37. The number of aliphatic imine (C=N–C) groups is 1. The first-order valence-corrected chi connectivity index (χ1v) is 10.3. The van der Waals surface area contributed by atoms with Crippen molar-refractivity contribution in [1.82, 2.24) is 4.98 Å². The Bertz CT molecular complexity index is 1480. The van der Waals surface area contributed by atoms with Gasteiger partial charge in [0.1, 0.15) is 11.3 Å². The van der Waals surface area contributed by atoms with Crippen LogP contribution in [0.15, 0.2) is 76.1 Å². The van der Waals surface area contributed by atoms with E-state index in [1.54, 1.807) is 12.3 Å². The first-order chi connectivity index (χ1) is 15.0. The molecule has 0 atom stereocenters. The van der Waals surface area contributed by atoms with Crippen molar-refractivity contribution in [1.29, 1.82) is 0 Å². The summed E-state index contributed by atoms with van der Waals surface area (Å²) in [5.74, 6) is 0.727. The Hall–Kier alpha value is -3.63. The molecular formula is C26H19ClN2O2. The van der Waals surface area contributed by atoms with E-state index in [1.165, 1.54) is 5.39 Å². The molecule has 4 nitrogen and oxygen atoms in total. The van der Waals surface area contributed by atoms with Gasteiger partial charge in [-0.25, -0.2) is 4.98 Å². The second kappa shape index (κ2) is 7.56. The molecule has 0 aliphatic rings. The van der Waals surface area contributed by atoms with E-state index in [-0.39, 0.29) is 5.75 Å². The molecule has 0 saturated heterocycles. The van der Waals surface area contributed by atoms with Gasteiger partial charge in [0, 0.05) is 22.4 Å². The second-order valence-corrected chi connectivity index (χ2v) is 7.93. The monoisotopic (exact) mass is 426 g/mol. The van der Waals surface area contributed by atoms with Gasteiger partial charge >= 0.3 is 0 Å². The summed E-state index contributed by atoms with van der Waals surface area (Å²) in [4.78, 5) is 9.17. The molecule has 152 valence electrons. The summed E-state index contributed by atoms with van der Waals surface area (Å²) in [7, 11) is 0. The van der Waals surface area contributed by atoms with Gasteiger partial charge < -0.3 is 9.52 Å². The van der Waals surface area contributed by atoms with Crippen LogP contribution in [0.2, 0.25) is 5.02 Å². The molecule has 31 heavy (non-hydrogen) atoms. The number of halogens is 1. The zero-order chi connectivity index (χ0) is 21.5. The number of aryl methyl sites for hydroxylation is 1. The van der Waals surface area contributed by atoms with Crippen LogP contribution in [-0.4, -0.2) is 16.3 Å². The summed E-state index contributed by atoms with van der Waals surface area (Å²) in [5, 5.41) is 13.2. The minimum Gasteiger partial charge on any atom is -0.507 e. The fourth-order valence-corrected chi connectivity index (χ4v) is 3.85. The van der Waals surface area contributed by atoms with Gasteiger partial charge in [-0.1, -0.05) is 41.9 Å². The molecule has 5 aromatic rings. The average molecular weight is 427 g/mol. The molecule has 0 bridgehead atoms. The van der Waals surface area contributed by atoms with Crippen molar-refractivity contribution >= 4 is 45.4 Å². The van der Waals surface area contributed by atoms with Crippen molar-refractivity contribution in [3.63, 3.8) is 0 Å². The van der Waals surface area contributed by atoms with Crippen molar-refractivity contribution in [2.75, 3.05) is 0 Å². The molecule has 0 spiro atoms. The first kappa shape index (κ1) is 19.3. The van der Waals surface area contributed by atoms with Crippen LogP contribution in [0.1, 0.15) is 16.7 Å². The molecular weight excluding hydrogens is 408 g/mol. The van der Waals surface area contributed by atoms with Crippen LogP contribution in [0, 0.1) is 13.8 Å². The maximum absolute atomic E-state index is 10.3. The van der Waals surface area contributed by atoms with Crippen LogP contribution < -0.4 is 0 Å². The van der Waals surface area contributed by atoms with E-state index in [4.69, 9.17) is 16.0 Å². The van der Waals surface area contributed by atoms with E-state index in [0.717, 1.165) is 27.6 Å². The Morgan fingerprint density at radius 1 is 0.968 bits per heavy atom. The lowest BCUT2D eigenvalue weighted by Crippen LogP contribution is -1.92. The average Bonchev–Trinajstić information content (AvgIpc) is 3.20. The largest absolute Gasteiger partial charge is 0.507 e. The highest BCUT2D eigenvalue weighted by Gasteiger charge is 2.11. The van der Waals surface area contributed by atoms with Crippen molar-refractivity contribution in [2.45, 2.75) is 13.8 Å². The number of phenols is 1. The number of hydrogen-bond donors (Lipinski definition) is 1. The highest BCUT2D eigenvalue weighted by molar-refractivity contribution is 6.32. The van der Waals surface area contributed by atoms with Gasteiger partial charge in [0.15, 0.2) is 5.58 Å². The second-order valence-electron chi connectivity index (χ2n) is 7.56. The van der Waals surface area contributed by atoms with Gasteiger partial charge in [-0.2, -0.15) is 0 Å².